The summed E-state index contributed by atoms with van der Waals surface area (Å²) in [5, 5.41) is 13.9. The summed E-state index contributed by atoms with van der Waals surface area (Å²) in [6, 6.07) is -2.47. The molecule has 0 aromatic rings. The highest BCUT2D eigenvalue weighted by Gasteiger charge is 2.28. The average Bonchev–Trinajstić information content (AvgIpc) is 2.48. The molecule has 2 amide bonds. The van der Waals surface area contributed by atoms with Gasteiger partial charge in [-0.25, -0.2) is 0 Å². The number of carboxylic acid groups (broad SMARTS) is 1. The van der Waals surface area contributed by atoms with Gasteiger partial charge in [-0.1, -0.05) is 20.3 Å². The highest BCUT2D eigenvalue weighted by molar-refractivity contribution is 5.90. The fourth-order valence-corrected chi connectivity index (χ4v) is 1.73. The molecule has 0 heterocycles. The van der Waals surface area contributed by atoms with E-state index >= 15 is 0 Å². The van der Waals surface area contributed by atoms with Gasteiger partial charge in [0.1, 0.15) is 12.1 Å². The first-order valence-corrected chi connectivity index (χ1v) is 7.24. The SMILES string of the molecule is CCC(C)C(NC(=O)CC(N)C(=O)O)C(=O)NC(CN)CN. The third-order valence-electron chi connectivity index (χ3n) is 3.45. The van der Waals surface area contributed by atoms with Crippen LogP contribution in [-0.4, -0.2) is 54.1 Å². The first-order chi connectivity index (χ1) is 10.3. The van der Waals surface area contributed by atoms with E-state index < -0.39 is 36.3 Å². The molecular weight excluding hydrogens is 290 g/mol. The molecule has 0 rings (SSSR count). The standard InChI is InChI=1S/C13H27N5O4/c1-3-7(2)11(12(20)17-8(5-14)6-15)18-10(19)4-9(16)13(21)22/h7-9,11H,3-6,14-16H2,1-2H3,(H,17,20)(H,18,19)(H,21,22). The van der Waals surface area contributed by atoms with E-state index in [0.29, 0.717) is 6.42 Å². The maximum atomic E-state index is 12.2. The summed E-state index contributed by atoms with van der Waals surface area (Å²) in [5.74, 6) is -2.40. The van der Waals surface area contributed by atoms with E-state index in [1.807, 2.05) is 13.8 Å². The van der Waals surface area contributed by atoms with Gasteiger partial charge in [-0.2, -0.15) is 0 Å². The molecule has 9 nitrogen and oxygen atoms in total. The van der Waals surface area contributed by atoms with Crippen LogP contribution in [0.3, 0.4) is 0 Å². The molecule has 9 N–H and O–H groups in total. The van der Waals surface area contributed by atoms with Gasteiger partial charge in [-0.3, -0.25) is 14.4 Å². The minimum Gasteiger partial charge on any atom is -0.480 e. The van der Waals surface area contributed by atoms with E-state index in [0.717, 1.165) is 0 Å². The third kappa shape index (κ3) is 6.83. The van der Waals surface area contributed by atoms with E-state index in [-0.39, 0.29) is 25.0 Å². The van der Waals surface area contributed by atoms with Crippen molar-refractivity contribution < 1.29 is 19.5 Å². The van der Waals surface area contributed by atoms with Gasteiger partial charge in [0.2, 0.25) is 11.8 Å². The molecule has 128 valence electrons. The number of hydrogen-bond donors (Lipinski definition) is 6. The van der Waals surface area contributed by atoms with Gasteiger partial charge < -0.3 is 32.9 Å². The second kappa shape index (κ2) is 10.1. The highest BCUT2D eigenvalue weighted by atomic mass is 16.4. The van der Waals surface area contributed by atoms with Crippen LogP contribution in [-0.2, 0) is 14.4 Å². The zero-order chi connectivity index (χ0) is 17.3. The molecule has 0 aromatic carbocycles. The first kappa shape index (κ1) is 20.3. The maximum absolute atomic E-state index is 12.2. The Morgan fingerprint density at radius 2 is 1.68 bits per heavy atom. The van der Waals surface area contributed by atoms with Crippen LogP contribution in [0.15, 0.2) is 0 Å². The molecule has 3 atom stereocenters. The van der Waals surface area contributed by atoms with Crippen molar-refractivity contribution in [2.75, 3.05) is 13.1 Å². The largest absolute Gasteiger partial charge is 0.480 e. The van der Waals surface area contributed by atoms with E-state index in [4.69, 9.17) is 22.3 Å². The Morgan fingerprint density at radius 1 is 1.14 bits per heavy atom. The number of hydrogen-bond acceptors (Lipinski definition) is 6. The Balaban J connectivity index is 4.80. The van der Waals surface area contributed by atoms with Gasteiger partial charge in [0.05, 0.1) is 12.5 Å². The van der Waals surface area contributed by atoms with Gasteiger partial charge in [0.25, 0.3) is 0 Å². The van der Waals surface area contributed by atoms with Crippen molar-refractivity contribution in [3.63, 3.8) is 0 Å². The lowest BCUT2D eigenvalue weighted by atomic mass is 9.97. The average molecular weight is 317 g/mol. The van der Waals surface area contributed by atoms with Crippen LogP contribution in [0.4, 0.5) is 0 Å². The summed E-state index contributed by atoms with van der Waals surface area (Å²) in [4.78, 5) is 34.7. The van der Waals surface area contributed by atoms with Crippen molar-refractivity contribution in [3.05, 3.63) is 0 Å². The van der Waals surface area contributed by atoms with E-state index in [9.17, 15) is 14.4 Å². The van der Waals surface area contributed by atoms with Crippen LogP contribution in [0.5, 0.6) is 0 Å². The van der Waals surface area contributed by atoms with Crippen LogP contribution in [0.2, 0.25) is 0 Å². The van der Waals surface area contributed by atoms with Crippen LogP contribution in [0, 0.1) is 5.92 Å². The predicted molar refractivity (Wildman–Crippen MR) is 81.7 cm³/mol. The molecule has 0 fully saturated rings. The summed E-state index contributed by atoms with van der Waals surface area (Å²) in [6.07, 6.45) is 0.256. The number of aliphatic carboxylic acids is 1. The van der Waals surface area contributed by atoms with E-state index in [1.54, 1.807) is 0 Å². The lowest BCUT2D eigenvalue weighted by molar-refractivity contribution is -0.140. The molecule has 0 aliphatic carbocycles. The number of carbonyl (C=O) groups is 3. The molecule has 9 heteroatoms. The minimum atomic E-state index is -1.30. The molecule has 0 aliphatic heterocycles. The van der Waals surface area contributed by atoms with Gasteiger partial charge in [0, 0.05) is 13.1 Å². The second-order valence-corrected chi connectivity index (χ2v) is 5.26. The van der Waals surface area contributed by atoms with Gasteiger partial charge in [-0.05, 0) is 5.92 Å². The van der Waals surface area contributed by atoms with Crippen molar-refractivity contribution in [1.82, 2.24) is 10.6 Å². The lowest BCUT2D eigenvalue weighted by Gasteiger charge is -2.26. The molecule has 0 saturated carbocycles. The van der Waals surface area contributed by atoms with Crippen molar-refractivity contribution >= 4 is 17.8 Å². The van der Waals surface area contributed by atoms with Crippen molar-refractivity contribution in [2.45, 2.75) is 44.8 Å². The van der Waals surface area contributed by atoms with Crippen molar-refractivity contribution in [2.24, 2.45) is 23.1 Å². The number of amides is 2. The van der Waals surface area contributed by atoms with Gasteiger partial charge in [-0.15, -0.1) is 0 Å². The Morgan fingerprint density at radius 3 is 2.09 bits per heavy atom. The zero-order valence-electron chi connectivity index (χ0n) is 13.0. The van der Waals surface area contributed by atoms with E-state index in [1.165, 1.54) is 0 Å². The summed E-state index contributed by atoms with van der Waals surface area (Å²) in [7, 11) is 0. The molecule has 0 spiro atoms. The fraction of sp³-hybridized carbons (Fsp3) is 0.769. The molecule has 0 bridgehead atoms. The minimum absolute atomic E-state index is 0.138. The molecule has 0 aromatic heterocycles. The van der Waals surface area contributed by atoms with Crippen LogP contribution >= 0.6 is 0 Å². The molecule has 22 heavy (non-hydrogen) atoms. The Labute approximate surface area is 130 Å². The molecule has 0 radical (unpaired) electrons. The topological polar surface area (TPSA) is 174 Å². The number of carbonyl (C=O) groups excluding carboxylic acids is 2. The molecule has 0 saturated heterocycles. The Bertz CT molecular complexity index is 387. The van der Waals surface area contributed by atoms with E-state index in [2.05, 4.69) is 10.6 Å². The van der Waals surface area contributed by atoms with Crippen LogP contribution in [0.1, 0.15) is 26.7 Å². The van der Waals surface area contributed by atoms with Crippen LogP contribution < -0.4 is 27.8 Å². The summed E-state index contributed by atoms with van der Waals surface area (Å²) < 4.78 is 0. The van der Waals surface area contributed by atoms with Gasteiger partial charge >= 0.3 is 5.97 Å². The summed E-state index contributed by atoms with van der Waals surface area (Å²) in [6.45, 7) is 4.06. The molecular formula is C13H27N5O4. The normalized spacial score (nSPS) is 15.0. The zero-order valence-corrected chi connectivity index (χ0v) is 13.0. The number of carboxylic acids is 1. The lowest BCUT2D eigenvalue weighted by Crippen LogP contribution is -2.56. The fourth-order valence-electron chi connectivity index (χ4n) is 1.73. The Kier molecular flexibility index (Phi) is 9.31. The number of nitrogens with two attached hydrogens (primary N) is 3. The molecule has 0 aliphatic rings. The second-order valence-electron chi connectivity index (χ2n) is 5.26. The first-order valence-electron chi connectivity index (χ1n) is 7.24. The summed E-state index contributed by atoms with van der Waals surface area (Å²) >= 11 is 0. The quantitative estimate of drug-likeness (QED) is 0.263. The number of nitrogens with one attached hydrogen (secondary N) is 2. The monoisotopic (exact) mass is 317 g/mol. The predicted octanol–water partition coefficient (Wildman–Crippen LogP) is -2.28. The smallest absolute Gasteiger partial charge is 0.321 e. The van der Waals surface area contributed by atoms with Crippen molar-refractivity contribution in [1.29, 1.82) is 0 Å². The summed E-state index contributed by atoms with van der Waals surface area (Å²) in [5.41, 5.74) is 16.3. The molecule has 3 unspecified atom stereocenters. The Hall–Kier alpha value is -1.71. The third-order valence-corrected chi connectivity index (χ3v) is 3.45. The highest BCUT2D eigenvalue weighted by Crippen LogP contribution is 2.09. The maximum Gasteiger partial charge on any atom is 0.321 e. The number of rotatable bonds is 10. The van der Waals surface area contributed by atoms with Crippen molar-refractivity contribution in [3.8, 4) is 0 Å². The van der Waals surface area contributed by atoms with Gasteiger partial charge in [0.15, 0.2) is 0 Å². The van der Waals surface area contributed by atoms with Crippen LogP contribution in [0.25, 0.3) is 0 Å².